The number of alkyl halides is 1. The average molecular weight is 202 g/mol. The molecule has 0 fully saturated rings. The molecular weight excluding hydrogens is 191 g/mol. The Bertz CT molecular complexity index is 508. The van der Waals surface area contributed by atoms with Crippen LogP contribution in [0.5, 0.6) is 0 Å². The summed E-state index contributed by atoms with van der Waals surface area (Å²) in [6, 6.07) is 9.66. The first kappa shape index (κ1) is 9.72. The zero-order valence-corrected chi connectivity index (χ0v) is 8.28. The van der Waals surface area contributed by atoms with E-state index in [0.717, 1.165) is 10.9 Å². The Morgan fingerprint density at radius 2 is 2.20 bits per heavy atom. The molecular formula is C12H11FN2. The van der Waals surface area contributed by atoms with Crippen LogP contribution in [-0.2, 0) is 6.54 Å². The predicted octanol–water partition coefficient (Wildman–Crippen LogP) is 2.87. The van der Waals surface area contributed by atoms with Crippen molar-refractivity contribution in [2.75, 3.05) is 6.67 Å². The summed E-state index contributed by atoms with van der Waals surface area (Å²) in [5, 5.41) is 9.85. The molecule has 1 aromatic carbocycles. The van der Waals surface area contributed by atoms with E-state index >= 15 is 0 Å². The van der Waals surface area contributed by atoms with E-state index in [9.17, 15) is 4.39 Å². The van der Waals surface area contributed by atoms with Gasteiger partial charge in [-0.25, -0.2) is 0 Å². The lowest BCUT2D eigenvalue weighted by molar-refractivity contribution is 0.450. The number of hydrogen-bond donors (Lipinski definition) is 0. The van der Waals surface area contributed by atoms with Crippen molar-refractivity contribution in [3.63, 3.8) is 0 Å². The molecule has 76 valence electrons. The molecule has 2 aromatic rings. The Labute approximate surface area is 87.6 Å². The van der Waals surface area contributed by atoms with Crippen molar-refractivity contribution in [3.8, 4) is 6.07 Å². The van der Waals surface area contributed by atoms with Crippen LogP contribution in [0.2, 0.25) is 0 Å². The normalized spacial score (nSPS) is 10.4. The molecule has 0 bridgehead atoms. The van der Waals surface area contributed by atoms with Gasteiger partial charge >= 0.3 is 0 Å². The summed E-state index contributed by atoms with van der Waals surface area (Å²) < 4.78 is 14.0. The molecule has 2 rings (SSSR count). The molecule has 0 atom stereocenters. The summed E-state index contributed by atoms with van der Waals surface area (Å²) in [6.45, 7) is 0.354. The van der Waals surface area contributed by atoms with E-state index in [2.05, 4.69) is 6.07 Å². The molecule has 1 heterocycles. The highest BCUT2D eigenvalue weighted by Crippen LogP contribution is 2.19. The second kappa shape index (κ2) is 4.14. The molecule has 15 heavy (non-hydrogen) atoms. The number of benzene rings is 1. The van der Waals surface area contributed by atoms with Crippen molar-refractivity contribution in [2.24, 2.45) is 0 Å². The van der Waals surface area contributed by atoms with E-state index in [4.69, 9.17) is 5.26 Å². The molecule has 0 aliphatic rings. The number of nitriles is 1. The number of fused-ring (bicyclic) bond motifs is 1. The molecule has 0 aliphatic heterocycles. The van der Waals surface area contributed by atoms with Crippen molar-refractivity contribution in [1.82, 2.24) is 4.57 Å². The monoisotopic (exact) mass is 202 g/mol. The third-order valence-corrected chi connectivity index (χ3v) is 2.47. The van der Waals surface area contributed by atoms with Crippen LogP contribution >= 0.6 is 0 Å². The summed E-state index contributed by atoms with van der Waals surface area (Å²) in [6.07, 6.45) is 2.42. The minimum atomic E-state index is -0.308. The van der Waals surface area contributed by atoms with E-state index in [1.807, 2.05) is 29.0 Å². The van der Waals surface area contributed by atoms with Gasteiger partial charge in [0, 0.05) is 23.6 Å². The Kier molecular flexibility index (Phi) is 2.68. The fraction of sp³-hybridized carbons (Fsp3) is 0.250. The van der Waals surface area contributed by atoms with Crippen LogP contribution in [0.25, 0.3) is 10.9 Å². The maximum absolute atomic E-state index is 12.1. The maximum atomic E-state index is 12.1. The largest absolute Gasteiger partial charge is 0.347 e. The summed E-state index contributed by atoms with van der Waals surface area (Å²) in [5.74, 6) is 0. The van der Waals surface area contributed by atoms with Crippen LogP contribution in [0.4, 0.5) is 4.39 Å². The highest BCUT2D eigenvalue weighted by molar-refractivity contribution is 5.85. The summed E-state index contributed by atoms with van der Waals surface area (Å²) in [5.41, 5.74) is 1.67. The van der Waals surface area contributed by atoms with Gasteiger partial charge in [-0.3, -0.25) is 4.39 Å². The van der Waals surface area contributed by atoms with Gasteiger partial charge in [-0.05, 0) is 24.6 Å². The number of halogens is 1. The zero-order chi connectivity index (χ0) is 10.7. The number of rotatable bonds is 3. The number of hydrogen-bond acceptors (Lipinski definition) is 1. The second-order valence-electron chi connectivity index (χ2n) is 3.40. The van der Waals surface area contributed by atoms with Crippen LogP contribution in [0, 0.1) is 11.3 Å². The van der Waals surface area contributed by atoms with E-state index in [1.165, 1.54) is 0 Å². The van der Waals surface area contributed by atoms with Crippen molar-refractivity contribution in [3.05, 3.63) is 36.0 Å². The van der Waals surface area contributed by atoms with Gasteiger partial charge < -0.3 is 4.57 Å². The summed E-state index contributed by atoms with van der Waals surface area (Å²) in [7, 11) is 0. The minimum Gasteiger partial charge on any atom is -0.347 e. The number of aryl methyl sites for hydroxylation is 1. The summed E-state index contributed by atoms with van der Waals surface area (Å²) >= 11 is 0. The van der Waals surface area contributed by atoms with Crippen molar-refractivity contribution >= 4 is 10.9 Å². The van der Waals surface area contributed by atoms with Gasteiger partial charge in [-0.2, -0.15) is 5.26 Å². The standard InChI is InChI=1S/C12H11FN2/c13-6-2-7-15-8-5-11-10(9-14)3-1-4-12(11)15/h1,3-5,8H,2,6-7H2. The fourth-order valence-electron chi connectivity index (χ4n) is 1.75. The lowest BCUT2D eigenvalue weighted by Gasteiger charge is -2.03. The van der Waals surface area contributed by atoms with Gasteiger partial charge in [-0.15, -0.1) is 0 Å². The molecule has 0 radical (unpaired) electrons. The van der Waals surface area contributed by atoms with Crippen LogP contribution < -0.4 is 0 Å². The zero-order valence-electron chi connectivity index (χ0n) is 8.28. The lowest BCUT2D eigenvalue weighted by atomic mass is 10.1. The molecule has 2 nitrogen and oxygen atoms in total. The van der Waals surface area contributed by atoms with Crippen LogP contribution in [0.1, 0.15) is 12.0 Å². The first-order chi connectivity index (χ1) is 7.36. The summed E-state index contributed by atoms with van der Waals surface area (Å²) in [4.78, 5) is 0. The minimum absolute atomic E-state index is 0.308. The van der Waals surface area contributed by atoms with Gasteiger partial charge in [0.2, 0.25) is 0 Å². The molecule has 0 aliphatic carbocycles. The smallest absolute Gasteiger partial charge is 0.0998 e. The molecule has 1 aromatic heterocycles. The van der Waals surface area contributed by atoms with Crippen molar-refractivity contribution < 1.29 is 4.39 Å². The highest BCUT2D eigenvalue weighted by Gasteiger charge is 2.04. The quantitative estimate of drug-likeness (QED) is 0.752. The second-order valence-corrected chi connectivity index (χ2v) is 3.40. The van der Waals surface area contributed by atoms with Crippen molar-refractivity contribution in [2.45, 2.75) is 13.0 Å². The molecule has 0 saturated carbocycles. The molecule has 0 unspecified atom stereocenters. The molecule has 0 saturated heterocycles. The van der Waals surface area contributed by atoms with Gasteiger partial charge in [0.25, 0.3) is 0 Å². The number of aromatic nitrogens is 1. The Balaban J connectivity index is 2.47. The Morgan fingerprint density at radius 1 is 1.33 bits per heavy atom. The molecule has 3 heteroatoms. The van der Waals surface area contributed by atoms with Gasteiger partial charge in [0.1, 0.15) is 0 Å². The first-order valence-corrected chi connectivity index (χ1v) is 4.90. The highest BCUT2D eigenvalue weighted by atomic mass is 19.1. The van der Waals surface area contributed by atoms with E-state index < -0.39 is 0 Å². The van der Waals surface area contributed by atoms with Crippen LogP contribution in [0.3, 0.4) is 0 Å². The number of nitrogens with zero attached hydrogens (tertiary/aromatic N) is 2. The third-order valence-electron chi connectivity index (χ3n) is 2.47. The molecule has 0 N–H and O–H groups in total. The first-order valence-electron chi connectivity index (χ1n) is 4.90. The Hall–Kier alpha value is -1.82. The average Bonchev–Trinajstić information content (AvgIpc) is 2.69. The SMILES string of the molecule is N#Cc1cccc2c1ccn2CCCF. The molecule has 0 amide bonds. The van der Waals surface area contributed by atoms with E-state index in [-0.39, 0.29) is 6.67 Å². The topological polar surface area (TPSA) is 28.7 Å². The Morgan fingerprint density at radius 3 is 2.93 bits per heavy atom. The third kappa shape index (κ3) is 1.71. The van der Waals surface area contributed by atoms with E-state index in [0.29, 0.717) is 18.5 Å². The van der Waals surface area contributed by atoms with Crippen LogP contribution in [0.15, 0.2) is 30.5 Å². The van der Waals surface area contributed by atoms with E-state index in [1.54, 1.807) is 6.07 Å². The predicted molar refractivity (Wildman–Crippen MR) is 57.2 cm³/mol. The fourth-order valence-corrected chi connectivity index (χ4v) is 1.75. The van der Waals surface area contributed by atoms with Gasteiger partial charge in [-0.1, -0.05) is 6.07 Å². The van der Waals surface area contributed by atoms with Gasteiger partial charge in [0.05, 0.1) is 18.3 Å². The molecule has 0 spiro atoms. The van der Waals surface area contributed by atoms with Crippen LogP contribution in [-0.4, -0.2) is 11.2 Å². The van der Waals surface area contributed by atoms with Crippen molar-refractivity contribution in [1.29, 1.82) is 5.26 Å². The maximum Gasteiger partial charge on any atom is 0.0998 e. The lowest BCUT2D eigenvalue weighted by Crippen LogP contribution is -1.96. The van der Waals surface area contributed by atoms with Gasteiger partial charge in [0.15, 0.2) is 0 Å².